The molecule has 4 heteroatoms. The Morgan fingerprint density at radius 1 is 1.22 bits per heavy atom. The molecule has 1 aromatic rings. The van der Waals surface area contributed by atoms with Crippen molar-refractivity contribution in [2.75, 3.05) is 18.5 Å². The predicted octanol–water partition coefficient (Wildman–Crippen LogP) is 3.83. The lowest BCUT2D eigenvalue weighted by molar-refractivity contribution is -0.139. The van der Waals surface area contributed by atoms with E-state index >= 15 is 0 Å². The lowest BCUT2D eigenvalue weighted by Crippen LogP contribution is -2.03. The lowest BCUT2D eigenvalue weighted by atomic mass is 10.1. The van der Waals surface area contributed by atoms with E-state index in [1.807, 2.05) is 37.3 Å². The van der Waals surface area contributed by atoms with Crippen LogP contribution < -0.4 is 5.32 Å². The highest BCUT2D eigenvalue weighted by molar-refractivity contribution is 5.66. The van der Waals surface area contributed by atoms with E-state index in [0.717, 1.165) is 30.6 Å². The third-order valence-corrected chi connectivity index (χ3v) is 3.43. The summed E-state index contributed by atoms with van der Waals surface area (Å²) in [5, 5.41) is 12.5. The van der Waals surface area contributed by atoms with Gasteiger partial charge >= 0.3 is 5.97 Å². The zero-order valence-electron chi connectivity index (χ0n) is 14.3. The van der Waals surface area contributed by atoms with Gasteiger partial charge in [0, 0.05) is 19.2 Å². The molecular formula is C19H27NO3. The van der Waals surface area contributed by atoms with Crippen molar-refractivity contribution in [1.29, 1.82) is 0 Å². The quantitative estimate of drug-likeness (QED) is 0.537. The number of aliphatic hydroxyl groups is 1. The maximum atomic E-state index is 10.7. The van der Waals surface area contributed by atoms with Crippen LogP contribution in [0, 0.1) is 0 Å². The van der Waals surface area contributed by atoms with Crippen LogP contribution in [0.3, 0.4) is 0 Å². The van der Waals surface area contributed by atoms with E-state index in [4.69, 9.17) is 9.84 Å². The Bertz CT molecular complexity index is 561. The number of carbonyl (C=O) groups is 1. The minimum atomic E-state index is -0.249. The number of nitrogens with one attached hydrogen (secondary N) is 1. The molecule has 0 amide bonds. The Balaban J connectivity index is 2.32. The van der Waals surface area contributed by atoms with Crippen molar-refractivity contribution < 1.29 is 14.6 Å². The van der Waals surface area contributed by atoms with E-state index < -0.39 is 0 Å². The summed E-state index contributed by atoms with van der Waals surface area (Å²) < 4.78 is 4.89. The topological polar surface area (TPSA) is 58.6 Å². The molecular weight excluding hydrogens is 290 g/mol. The van der Waals surface area contributed by atoms with E-state index in [1.165, 1.54) is 18.1 Å². The monoisotopic (exact) mass is 317 g/mol. The first kappa shape index (κ1) is 19.0. The van der Waals surface area contributed by atoms with E-state index in [2.05, 4.69) is 18.3 Å². The van der Waals surface area contributed by atoms with Crippen LogP contribution >= 0.6 is 0 Å². The number of rotatable bonds is 9. The number of carbonyl (C=O) groups excluding carboxylic acids is 1. The van der Waals surface area contributed by atoms with Crippen molar-refractivity contribution in [3.63, 3.8) is 0 Å². The van der Waals surface area contributed by atoms with Gasteiger partial charge in [-0.05, 0) is 50.5 Å². The average molecular weight is 317 g/mol. The minimum absolute atomic E-state index is 0.0588. The summed E-state index contributed by atoms with van der Waals surface area (Å²) in [5.41, 5.74) is 4.41. The van der Waals surface area contributed by atoms with Crippen LogP contribution in [-0.2, 0) is 16.1 Å². The summed E-state index contributed by atoms with van der Waals surface area (Å²) in [5.74, 6) is -0.249. The Labute approximate surface area is 138 Å². The Morgan fingerprint density at radius 2 is 2.00 bits per heavy atom. The van der Waals surface area contributed by atoms with Crippen molar-refractivity contribution in [2.24, 2.45) is 0 Å². The van der Waals surface area contributed by atoms with Gasteiger partial charge in [0.05, 0.1) is 6.61 Å². The molecule has 2 N–H and O–H groups in total. The van der Waals surface area contributed by atoms with Gasteiger partial charge < -0.3 is 15.2 Å². The second-order valence-electron chi connectivity index (χ2n) is 5.65. The SMILES string of the molecule is CC(=O)OC/C=C(\C)CC/C=C(\C)CNc1cccc(CO)c1. The van der Waals surface area contributed by atoms with Crippen molar-refractivity contribution in [3.8, 4) is 0 Å². The van der Waals surface area contributed by atoms with Gasteiger partial charge in [0.25, 0.3) is 0 Å². The molecule has 0 unspecified atom stereocenters. The molecule has 0 fully saturated rings. The van der Waals surface area contributed by atoms with Crippen molar-refractivity contribution in [3.05, 3.63) is 53.1 Å². The molecule has 0 bridgehead atoms. The Hall–Kier alpha value is -2.07. The van der Waals surface area contributed by atoms with E-state index in [9.17, 15) is 4.79 Å². The van der Waals surface area contributed by atoms with Gasteiger partial charge in [-0.15, -0.1) is 0 Å². The largest absolute Gasteiger partial charge is 0.462 e. The molecule has 0 radical (unpaired) electrons. The third kappa shape index (κ3) is 8.83. The maximum absolute atomic E-state index is 10.7. The molecule has 1 aromatic carbocycles. The molecule has 0 saturated heterocycles. The molecule has 4 nitrogen and oxygen atoms in total. The van der Waals surface area contributed by atoms with Gasteiger partial charge in [-0.1, -0.05) is 29.4 Å². The Kier molecular flexibility index (Phi) is 8.76. The predicted molar refractivity (Wildman–Crippen MR) is 94.2 cm³/mol. The molecule has 0 aliphatic carbocycles. The first-order valence-electron chi connectivity index (χ1n) is 7.89. The van der Waals surface area contributed by atoms with E-state index in [1.54, 1.807) is 0 Å². The van der Waals surface area contributed by atoms with Crippen molar-refractivity contribution in [2.45, 2.75) is 40.2 Å². The zero-order valence-corrected chi connectivity index (χ0v) is 14.3. The molecule has 126 valence electrons. The van der Waals surface area contributed by atoms with Crippen LogP contribution in [-0.4, -0.2) is 24.2 Å². The molecule has 0 aliphatic heterocycles. The lowest BCUT2D eigenvalue weighted by Gasteiger charge is -2.08. The first-order valence-corrected chi connectivity index (χ1v) is 7.89. The number of allylic oxidation sites excluding steroid dienone is 2. The van der Waals surface area contributed by atoms with E-state index in [-0.39, 0.29) is 12.6 Å². The summed E-state index contributed by atoms with van der Waals surface area (Å²) >= 11 is 0. The fourth-order valence-electron chi connectivity index (χ4n) is 2.04. The number of esters is 1. The molecule has 23 heavy (non-hydrogen) atoms. The second kappa shape index (κ2) is 10.6. The summed E-state index contributed by atoms with van der Waals surface area (Å²) in [4.78, 5) is 10.7. The molecule has 0 atom stereocenters. The van der Waals surface area contributed by atoms with Gasteiger partial charge in [0.2, 0.25) is 0 Å². The van der Waals surface area contributed by atoms with Gasteiger partial charge in [-0.25, -0.2) is 0 Å². The van der Waals surface area contributed by atoms with Gasteiger partial charge in [-0.3, -0.25) is 4.79 Å². The molecule has 0 spiro atoms. The van der Waals surface area contributed by atoms with Gasteiger partial charge in [-0.2, -0.15) is 0 Å². The molecule has 0 heterocycles. The third-order valence-electron chi connectivity index (χ3n) is 3.43. The van der Waals surface area contributed by atoms with Crippen molar-refractivity contribution >= 4 is 11.7 Å². The summed E-state index contributed by atoms with van der Waals surface area (Å²) in [6.07, 6.45) is 6.08. The fraction of sp³-hybridized carbons (Fsp3) is 0.421. The van der Waals surface area contributed by atoms with Crippen molar-refractivity contribution in [1.82, 2.24) is 0 Å². The van der Waals surface area contributed by atoms with Crippen LogP contribution in [0.5, 0.6) is 0 Å². The van der Waals surface area contributed by atoms with Gasteiger partial charge in [0.15, 0.2) is 0 Å². The number of ether oxygens (including phenoxy) is 1. The highest BCUT2D eigenvalue weighted by atomic mass is 16.5. The maximum Gasteiger partial charge on any atom is 0.302 e. The van der Waals surface area contributed by atoms with Crippen LogP contribution in [0.2, 0.25) is 0 Å². The zero-order chi connectivity index (χ0) is 17.1. The van der Waals surface area contributed by atoms with Crippen LogP contribution in [0.4, 0.5) is 5.69 Å². The van der Waals surface area contributed by atoms with Crippen LogP contribution in [0.1, 0.15) is 39.2 Å². The van der Waals surface area contributed by atoms with Gasteiger partial charge in [0.1, 0.15) is 6.61 Å². The summed E-state index contributed by atoms with van der Waals surface area (Å²) in [6.45, 7) is 6.76. The second-order valence-corrected chi connectivity index (χ2v) is 5.65. The standard InChI is InChI=1S/C19H27NO3/c1-15(10-11-23-17(3)22)6-4-7-16(2)13-20-19-9-5-8-18(12-19)14-21/h5,7-10,12,20-21H,4,6,11,13-14H2,1-3H3/b15-10+,16-7+. The molecule has 0 aliphatic rings. The minimum Gasteiger partial charge on any atom is -0.462 e. The van der Waals surface area contributed by atoms with Crippen LogP contribution in [0.15, 0.2) is 47.6 Å². The van der Waals surface area contributed by atoms with Crippen LogP contribution in [0.25, 0.3) is 0 Å². The highest BCUT2D eigenvalue weighted by Gasteiger charge is 1.96. The number of anilines is 1. The normalized spacial score (nSPS) is 12.2. The average Bonchev–Trinajstić information content (AvgIpc) is 2.52. The molecule has 0 aromatic heterocycles. The highest BCUT2D eigenvalue weighted by Crippen LogP contribution is 2.12. The molecule has 0 saturated carbocycles. The summed E-state index contributed by atoms with van der Waals surface area (Å²) in [6, 6.07) is 7.78. The first-order chi connectivity index (χ1) is 11.0. The number of benzene rings is 1. The smallest absolute Gasteiger partial charge is 0.302 e. The van der Waals surface area contributed by atoms with E-state index in [0.29, 0.717) is 6.61 Å². The molecule has 1 rings (SSSR count). The fourth-order valence-corrected chi connectivity index (χ4v) is 2.04. The Morgan fingerprint density at radius 3 is 2.70 bits per heavy atom. The number of aliphatic hydroxyl groups excluding tert-OH is 1. The number of hydrogen-bond donors (Lipinski definition) is 2. The summed E-state index contributed by atoms with van der Waals surface area (Å²) in [7, 11) is 0. The number of hydrogen-bond acceptors (Lipinski definition) is 4.